The van der Waals surface area contributed by atoms with Crippen LogP contribution in [0.25, 0.3) is 6.08 Å². The maximum Gasteiger partial charge on any atom is 0.363 e. The Morgan fingerprint density at radius 1 is 1.03 bits per heavy atom. The first-order chi connectivity index (χ1) is 15.8. The number of rotatable bonds is 6. The molecule has 0 unspecified atom stereocenters. The monoisotopic (exact) mass is 505 g/mol. The Balaban J connectivity index is 1.59. The standard InChI is InChI=1S/C24H15Cl3FNO4/c1-31-21-10-14(8-19(27)22(21)32-12-13-3-2-4-16(28)7-13)9-20-24(30)33-23(29-20)15-5-6-17(25)18(26)11-15/h2-11H,12H2,1H3/b20-9-. The fourth-order valence-corrected chi connectivity index (χ4v) is 3.64. The van der Waals surface area contributed by atoms with Crippen LogP contribution >= 0.6 is 34.8 Å². The lowest BCUT2D eigenvalue weighted by atomic mass is 10.1. The van der Waals surface area contributed by atoms with Crippen molar-refractivity contribution in [3.05, 3.63) is 97.9 Å². The number of aliphatic imine (C=N–C) groups is 1. The van der Waals surface area contributed by atoms with E-state index < -0.39 is 5.97 Å². The summed E-state index contributed by atoms with van der Waals surface area (Å²) in [7, 11) is 1.46. The molecule has 3 aromatic rings. The van der Waals surface area contributed by atoms with E-state index in [1.54, 1.807) is 42.5 Å². The maximum atomic E-state index is 13.4. The molecule has 5 nitrogen and oxygen atoms in total. The van der Waals surface area contributed by atoms with Gasteiger partial charge >= 0.3 is 5.97 Å². The van der Waals surface area contributed by atoms with E-state index in [1.807, 2.05) is 0 Å². The lowest BCUT2D eigenvalue weighted by Crippen LogP contribution is -2.05. The summed E-state index contributed by atoms with van der Waals surface area (Å²) < 4.78 is 29.8. The summed E-state index contributed by atoms with van der Waals surface area (Å²) in [6, 6.07) is 14.1. The van der Waals surface area contributed by atoms with Gasteiger partial charge in [0.25, 0.3) is 0 Å². The normalized spacial score (nSPS) is 14.3. The number of cyclic esters (lactones) is 1. The molecule has 0 atom stereocenters. The molecule has 0 aromatic heterocycles. The minimum Gasteiger partial charge on any atom is -0.493 e. The number of benzene rings is 3. The Labute approximate surface area is 204 Å². The molecule has 9 heteroatoms. The highest BCUT2D eigenvalue weighted by atomic mass is 35.5. The number of carbonyl (C=O) groups is 1. The van der Waals surface area contributed by atoms with Crippen molar-refractivity contribution < 1.29 is 23.4 Å². The summed E-state index contributed by atoms with van der Waals surface area (Å²) in [5.41, 5.74) is 1.76. The van der Waals surface area contributed by atoms with E-state index in [4.69, 9.17) is 49.0 Å². The largest absolute Gasteiger partial charge is 0.493 e. The van der Waals surface area contributed by atoms with Crippen molar-refractivity contribution in [3.63, 3.8) is 0 Å². The molecule has 0 saturated carbocycles. The topological polar surface area (TPSA) is 57.1 Å². The number of carbonyl (C=O) groups excluding carboxylic acids is 1. The van der Waals surface area contributed by atoms with E-state index in [-0.39, 0.29) is 29.0 Å². The third-order valence-corrected chi connectivity index (χ3v) is 5.63. The number of ether oxygens (including phenoxy) is 3. The van der Waals surface area contributed by atoms with Gasteiger partial charge in [-0.05, 0) is 59.7 Å². The first-order valence-electron chi connectivity index (χ1n) is 9.57. The van der Waals surface area contributed by atoms with Crippen molar-refractivity contribution in [1.82, 2.24) is 0 Å². The second kappa shape index (κ2) is 9.83. The van der Waals surface area contributed by atoms with Crippen molar-refractivity contribution >= 4 is 52.7 Å². The quantitative estimate of drug-likeness (QED) is 0.275. The zero-order valence-electron chi connectivity index (χ0n) is 17.1. The average Bonchev–Trinajstić information content (AvgIpc) is 3.14. The lowest BCUT2D eigenvalue weighted by Gasteiger charge is -2.13. The van der Waals surface area contributed by atoms with Crippen LogP contribution in [-0.2, 0) is 16.1 Å². The Hall–Kier alpha value is -3.06. The second-order valence-corrected chi connectivity index (χ2v) is 8.14. The van der Waals surface area contributed by atoms with Gasteiger partial charge in [0, 0.05) is 5.56 Å². The minimum atomic E-state index is -0.627. The van der Waals surface area contributed by atoms with Gasteiger partial charge in [-0.3, -0.25) is 0 Å². The van der Waals surface area contributed by atoms with Crippen molar-refractivity contribution in [1.29, 1.82) is 0 Å². The van der Waals surface area contributed by atoms with Crippen LogP contribution < -0.4 is 9.47 Å². The number of methoxy groups -OCH3 is 1. The van der Waals surface area contributed by atoms with Crippen LogP contribution in [0.1, 0.15) is 16.7 Å². The van der Waals surface area contributed by atoms with Gasteiger partial charge in [-0.1, -0.05) is 46.9 Å². The van der Waals surface area contributed by atoms with Gasteiger partial charge in [-0.25, -0.2) is 14.2 Å². The first kappa shape index (κ1) is 23.1. The Kier molecular flexibility index (Phi) is 6.88. The van der Waals surface area contributed by atoms with Gasteiger partial charge in [0.2, 0.25) is 5.90 Å². The third kappa shape index (κ3) is 5.30. The predicted molar refractivity (Wildman–Crippen MR) is 126 cm³/mol. The molecule has 1 aliphatic rings. The molecule has 0 N–H and O–H groups in total. The van der Waals surface area contributed by atoms with Crippen LogP contribution in [0.4, 0.5) is 4.39 Å². The summed E-state index contributed by atoms with van der Waals surface area (Å²) in [4.78, 5) is 16.6. The molecule has 168 valence electrons. The summed E-state index contributed by atoms with van der Waals surface area (Å²) >= 11 is 18.4. The Morgan fingerprint density at radius 2 is 1.85 bits per heavy atom. The molecule has 1 heterocycles. The first-order valence-corrected chi connectivity index (χ1v) is 10.7. The highest BCUT2D eigenvalue weighted by Gasteiger charge is 2.25. The SMILES string of the molecule is COc1cc(/C=C2\N=C(c3ccc(Cl)c(Cl)c3)OC2=O)cc(Cl)c1OCc1cccc(F)c1. The number of esters is 1. The van der Waals surface area contributed by atoms with Crippen molar-refractivity contribution in [2.24, 2.45) is 4.99 Å². The zero-order chi connectivity index (χ0) is 23.5. The van der Waals surface area contributed by atoms with Crippen LogP contribution in [0.15, 0.2) is 65.3 Å². The van der Waals surface area contributed by atoms with Gasteiger partial charge in [0.15, 0.2) is 17.2 Å². The van der Waals surface area contributed by atoms with E-state index in [2.05, 4.69) is 4.99 Å². The molecule has 0 spiro atoms. The van der Waals surface area contributed by atoms with E-state index in [1.165, 1.54) is 25.3 Å². The zero-order valence-corrected chi connectivity index (χ0v) is 19.3. The van der Waals surface area contributed by atoms with Crippen LogP contribution in [0, 0.1) is 5.82 Å². The van der Waals surface area contributed by atoms with Gasteiger partial charge in [0.05, 0.1) is 22.2 Å². The number of hydrogen-bond donors (Lipinski definition) is 0. The molecule has 0 amide bonds. The Morgan fingerprint density at radius 3 is 2.58 bits per heavy atom. The van der Waals surface area contributed by atoms with E-state index in [0.29, 0.717) is 38.2 Å². The minimum absolute atomic E-state index is 0.0719. The second-order valence-electron chi connectivity index (χ2n) is 6.92. The van der Waals surface area contributed by atoms with Crippen LogP contribution in [0.2, 0.25) is 15.1 Å². The predicted octanol–water partition coefficient (Wildman–Crippen LogP) is 6.72. The number of nitrogens with zero attached hydrogens (tertiary/aromatic N) is 1. The molecular weight excluding hydrogens is 492 g/mol. The number of halogens is 4. The molecule has 1 aliphatic heterocycles. The lowest BCUT2D eigenvalue weighted by molar-refractivity contribution is -0.129. The van der Waals surface area contributed by atoms with Crippen LogP contribution in [0.3, 0.4) is 0 Å². The van der Waals surface area contributed by atoms with Crippen LogP contribution in [0.5, 0.6) is 11.5 Å². The van der Waals surface area contributed by atoms with E-state index in [9.17, 15) is 9.18 Å². The van der Waals surface area contributed by atoms with Crippen molar-refractivity contribution in [2.45, 2.75) is 6.61 Å². The molecule has 3 aromatic carbocycles. The summed E-state index contributed by atoms with van der Waals surface area (Å²) in [6.45, 7) is 0.0951. The smallest absolute Gasteiger partial charge is 0.363 e. The van der Waals surface area contributed by atoms with Gasteiger partial charge in [-0.15, -0.1) is 0 Å². The maximum absolute atomic E-state index is 13.4. The average molecular weight is 507 g/mol. The number of hydrogen-bond acceptors (Lipinski definition) is 5. The fraction of sp³-hybridized carbons (Fsp3) is 0.0833. The fourth-order valence-electron chi connectivity index (χ4n) is 3.07. The molecule has 0 aliphatic carbocycles. The molecular formula is C24H15Cl3FNO4. The van der Waals surface area contributed by atoms with Gasteiger partial charge < -0.3 is 14.2 Å². The van der Waals surface area contributed by atoms with E-state index >= 15 is 0 Å². The Bertz CT molecular complexity index is 1310. The molecule has 4 rings (SSSR count). The van der Waals surface area contributed by atoms with Gasteiger partial charge in [-0.2, -0.15) is 0 Å². The third-order valence-electron chi connectivity index (χ3n) is 4.61. The summed E-state index contributed by atoms with van der Waals surface area (Å²) in [6.07, 6.45) is 1.51. The highest BCUT2D eigenvalue weighted by molar-refractivity contribution is 6.42. The molecule has 0 saturated heterocycles. The molecule has 0 bridgehead atoms. The molecule has 0 fully saturated rings. The summed E-state index contributed by atoms with van der Waals surface area (Å²) in [5.74, 6) is -0.249. The molecule has 33 heavy (non-hydrogen) atoms. The van der Waals surface area contributed by atoms with E-state index in [0.717, 1.165) is 0 Å². The van der Waals surface area contributed by atoms with Crippen molar-refractivity contribution in [3.8, 4) is 11.5 Å². The van der Waals surface area contributed by atoms with Gasteiger partial charge in [0.1, 0.15) is 12.4 Å². The van der Waals surface area contributed by atoms with Crippen molar-refractivity contribution in [2.75, 3.05) is 7.11 Å². The summed E-state index contributed by atoms with van der Waals surface area (Å²) in [5, 5.41) is 0.941. The van der Waals surface area contributed by atoms with Crippen LogP contribution in [-0.4, -0.2) is 19.0 Å². The highest BCUT2D eigenvalue weighted by Crippen LogP contribution is 2.38. The molecule has 0 radical (unpaired) electrons.